The van der Waals surface area contributed by atoms with E-state index in [0.717, 1.165) is 43.9 Å². The third-order valence-electron chi connectivity index (χ3n) is 3.37. The van der Waals surface area contributed by atoms with Crippen LogP contribution in [0.25, 0.3) is 0 Å². The van der Waals surface area contributed by atoms with Crippen LogP contribution in [0.15, 0.2) is 18.3 Å². The van der Waals surface area contributed by atoms with Gasteiger partial charge in [-0.05, 0) is 30.9 Å². The molecule has 2 N–H and O–H groups in total. The average molecular weight is 265 g/mol. The second-order valence-electron chi connectivity index (χ2n) is 4.62. The number of nitrogens with zero attached hydrogens (tertiary/aromatic N) is 2. The van der Waals surface area contributed by atoms with Gasteiger partial charge in [-0.1, -0.05) is 12.2 Å². The highest BCUT2D eigenvalue weighted by Crippen LogP contribution is 2.24. The zero-order chi connectivity index (χ0) is 13.0. The standard InChI is InChI=1S/C13H19N3OS/c1-17-9-10-4-7-16(8-5-10)13-11(12(14)18)3-2-6-15-13/h2-3,6,10H,4-5,7-9H2,1H3,(H2,14,18). The maximum atomic E-state index is 5.74. The number of hydrogen-bond acceptors (Lipinski definition) is 4. The van der Waals surface area contributed by atoms with Gasteiger partial charge in [0.1, 0.15) is 10.8 Å². The molecule has 0 radical (unpaired) electrons. The van der Waals surface area contributed by atoms with Crippen molar-refractivity contribution < 1.29 is 4.74 Å². The zero-order valence-electron chi connectivity index (χ0n) is 10.6. The van der Waals surface area contributed by atoms with Crippen LogP contribution in [0.2, 0.25) is 0 Å². The highest BCUT2D eigenvalue weighted by molar-refractivity contribution is 7.80. The summed E-state index contributed by atoms with van der Waals surface area (Å²) in [6.45, 7) is 2.82. The average Bonchev–Trinajstić information content (AvgIpc) is 2.40. The Hall–Kier alpha value is -1.20. The maximum Gasteiger partial charge on any atom is 0.138 e. The number of nitrogens with two attached hydrogens (primary N) is 1. The molecule has 2 rings (SSSR count). The first-order valence-corrected chi connectivity index (χ1v) is 6.62. The molecule has 0 atom stereocenters. The van der Waals surface area contributed by atoms with Crippen molar-refractivity contribution in [2.24, 2.45) is 11.7 Å². The van der Waals surface area contributed by atoms with E-state index in [2.05, 4.69) is 9.88 Å². The maximum absolute atomic E-state index is 5.74. The molecule has 2 heterocycles. The normalized spacial score (nSPS) is 16.8. The molecule has 0 saturated carbocycles. The second kappa shape index (κ2) is 6.11. The van der Waals surface area contributed by atoms with E-state index in [1.54, 1.807) is 13.3 Å². The van der Waals surface area contributed by atoms with Crippen molar-refractivity contribution in [3.8, 4) is 0 Å². The molecule has 5 heteroatoms. The lowest BCUT2D eigenvalue weighted by atomic mass is 9.97. The van der Waals surface area contributed by atoms with E-state index in [0.29, 0.717) is 10.9 Å². The molecule has 1 saturated heterocycles. The first kappa shape index (κ1) is 13.2. The van der Waals surface area contributed by atoms with Crippen LogP contribution in [0, 0.1) is 5.92 Å². The van der Waals surface area contributed by atoms with Crippen molar-refractivity contribution in [1.82, 2.24) is 4.98 Å². The van der Waals surface area contributed by atoms with Gasteiger partial charge < -0.3 is 15.4 Å². The van der Waals surface area contributed by atoms with Gasteiger partial charge in [-0.2, -0.15) is 0 Å². The van der Waals surface area contributed by atoms with Gasteiger partial charge in [0.2, 0.25) is 0 Å². The number of rotatable bonds is 4. The molecule has 1 aromatic rings. The van der Waals surface area contributed by atoms with Crippen LogP contribution < -0.4 is 10.6 Å². The Labute approximate surface area is 113 Å². The highest BCUT2D eigenvalue weighted by Gasteiger charge is 2.22. The topological polar surface area (TPSA) is 51.4 Å². The number of piperidine rings is 1. The molecule has 0 spiro atoms. The number of pyridine rings is 1. The highest BCUT2D eigenvalue weighted by atomic mass is 32.1. The van der Waals surface area contributed by atoms with Crippen molar-refractivity contribution >= 4 is 23.0 Å². The van der Waals surface area contributed by atoms with Crippen molar-refractivity contribution in [2.45, 2.75) is 12.8 Å². The van der Waals surface area contributed by atoms with E-state index in [1.165, 1.54) is 0 Å². The second-order valence-corrected chi connectivity index (χ2v) is 5.06. The molecule has 0 unspecified atom stereocenters. The van der Waals surface area contributed by atoms with Gasteiger partial charge in [-0.25, -0.2) is 4.98 Å². The summed E-state index contributed by atoms with van der Waals surface area (Å²) in [5.74, 6) is 1.57. The van der Waals surface area contributed by atoms with E-state index in [1.807, 2.05) is 12.1 Å². The summed E-state index contributed by atoms with van der Waals surface area (Å²) in [4.78, 5) is 7.10. The Morgan fingerprint density at radius 2 is 2.28 bits per heavy atom. The van der Waals surface area contributed by atoms with Crippen molar-refractivity contribution in [3.05, 3.63) is 23.9 Å². The number of anilines is 1. The van der Waals surface area contributed by atoms with Crippen molar-refractivity contribution in [3.63, 3.8) is 0 Å². The predicted molar refractivity (Wildman–Crippen MR) is 76.9 cm³/mol. The van der Waals surface area contributed by atoms with Crippen LogP contribution in [-0.4, -0.2) is 36.8 Å². The van der Waals surface area contributed by atoms with Gasteiger partial charge in [-0.15, -0.1) is 0 Å². The Morgan fingerprint density at radius 1 is 1.56 bits per heavy atom. The molecule has 0 aliphatic carbocycles. The lowest BCUT2D eigenvalue weighted by Gasteiger charge is -2.33. The Morgan fingerprint density at radius 3 is 2.89 bits per heavy atom. The summed E-state index contributed by atoms with van der Waals surface area (Å²) in [6, 6.07) is 3.81. The van der Waals surface area contributed by atoms with E-state index in [-0.39, 0.29) is 0 Å². The molecule has 1 fully saturated rings. The molecule has 1 aliphatic rings. The summed E-state index contributed by atoms with van der Waals surface area (Å²) in [5.41, 5.74) is 6.61. The molecule has 0 bridgehead atoms. The predicted octanol–water partition coefficient (Wildman–Crippen LogP) is 1.58. The monoisotopic (exact) mass is 265 g/mol. The summed E-state index contributed by atoms with van der Waals surface area (Å²) in [7, 11) is 1.76. The quantitative estimate of drug-likeness (QED) is 0.838. The third kappa shape index (κ3) is 2.97. The van der Waals surface area contributed by atoms with Gasteiger partial charge in [0.15, 0.2) is 0 Å². The number of hydrogen-bond donors (Lipinski definition) is 1. The number of methoxy groups -OCH3 is 1. The third-order valence-corrected chi connectivity index (χ3v) is 3.59. The van der Waals surface area contributed by atoms with Crippen molar-refractivity contribution in [1.29, 1.82) is 0 Å². The van der Waals surface area contributed by atoms with Crippen molar-refractivity contribution in [2.75, 3.05) is 31.7 Å². The Bertz CT molecular complexity index is 416. The van der Waals surface area contributed by atoms with Gasteiger partial charge in [-0.3, -0.25) is 0 Å². The van der Waals surface area contributed by atoms with Gasteiger partial charge in [0, 0.05) is 33.0 Å². The molecule has 1 aliphatic heterocycles. The summed E-state index contributed by atoms with van der Waals surface area (Å²) in [5, 5.41) is 0. The molecular weight excluding hydrogens is 246 g/mol. The molecule has 1 aromatic heterocycles. The zero-order valence-corrected chi connectivity index (χ0v) is 11.4. The van der Waals surface area contributed by atoms with E-state index in [9.17, 15) is 0 Å². The van der Waals surface area contributed by atoms with Crippen LogP contribution in [-0.2, 0) is 4.74 Å². The lowest BCUT2D eigenvalue weighted by Crippen LogP contribution is -2.36. The minimum atomic E-state index is 0.414. The summed E-state index contributed by atoms with van der Waals surface area (Å²) in [6.07, 6.45) is 4.04. The SMILES string of the molecule is COCC1CCN(c2ncccc2C(N)=S)CC1. The molecular formula is C13H19N3OS. The van der Waals surface area contributed by atoms with Crippen LogP contribution in [0.4, 0.5) is 5.82 Å². The van der Waals surface area contributed by atoms with E-state index < -0.39 is 0 Å². The molecule has 18 heavy (non-hydrogen) atoms. The minimum absolute atomic E-state index is 0.414. The molecule has 98 valence electrons. The fourth-order valence-corrected chi connectivity index (χ4v) is 2.55. The fraction of sp³-hybridized carbons (Fsp3) is 0.538. The largest absolute Gasteiger partial charge is 0.389 e. The number of thiocarbonyl (C=S) groups is 1. The molecule has 0 amide bonds. The molecule has 4 nitrogen and oxygen atoms in total. The minimum Gasteiger partial charge on any atom is -0.389 e. The number of ether oxygens (including phenoxy) is 1. The van der Waals surface area contributed by atoms with Crippen LogP contribution in [0.1, 0.15) is 18.4 Å². The smallest absolute Gasteiger partial charge is 0.138 e. The Kier molecular flexibility index (Phi) is 4.49. The van der Waals surface area contributed by atoms with E-state index >= 15 is 0 Å². The fourth-order valence-electron chi connectivity index (χ4n) is 2.39. The van der Waals surface area contributed by atoms with Crippen LogP contribution in [0.5, 0.6) is 0 Å². The lowest BCUT2D eigenvalue weighted by molar-refractivity contribution is 0.139. The summed E-state index contributed by atoms with van der Waals surface area (Å²) >= 11 is 5.07. The van der Waals surface area contributed by atoms with Gasteiger partial charge in [0.25, 0.3) is 0 Å². The van der Waals surface area contributed by atoms with E-state index in [4.69, 9.17) is 22.7 Å². The van der Waals surface area contributed by atoms with Crippen LogP contribution >= 0.6 is 12.2 Å². The summed E-state index contributed by atoms with van der Waals surface area (Å²) < 4.78 is 5.21. The first-order valence-electron chi connectivity index (χ1n) is 6.21. The number of aromatic nitrogens is 1. The molecule has 0 aromatic carbocycles. The Balaban J connectivity index is 2.07. The first-order chi connectivity index (χ1) is 8.72. The van der Waals surface area contributed by atoms with Gasteiger partial charge in [0.05, 0.1) is 5.56 Å². The van der Waals surface area contributed by atoms with Crippen LogP contribution in [0.3, 0.4) is 0 Å². The van der Waals surface area contributed by atoms with Gasteiger partial charge >= 0.3 is 0 Å².